The molecule has 0 saturated carbocycles. The fourth-order valence-electron chi connectivity index (χ4n) is 2.10. The van der Waals surface area contributed by atoms with Crippen LogP contribution in [-0.4, -0.2) is 20.0 Å². The lowest BCUT2D eigenvalue weighted by Crippen LogP contribution is -1.98. The van der Waals surface area contributed by atoms with Crippen molar-refractivity contribution < 1.29 is 4.39 Å². The zero-order chi connectivity index (χ0) is 14.3. The maximum Gasteiger partial charge on any atom is 0.132 e. The zero-order valence-corrected chi connectivity index (χ0v) is 11.3. The first-order valence-electron chi connectivity index (χ1n) is 5.85. The number of benzene rings is 1. The molecule has 3 rings (SSSR count). The van der Waals surface area contributed by atoms with E-state index < -0.39 is 5.82 Å². The molecule has 0 aliphatic rings. The van der Waals surface area contributed by atoms with E-state index in [2.05, 4.69) is 15.3 Å². The summed E-state index contributed by atoms with van der Waals surface area (Å²) in [5.74, 6) is -0.102. The fourth-order valence-corrected chi connectivity index (χ4v) is 2.36. The highest BCUT2D eigenvalue weighted by molar-refractivity contribution is 6.33. The molecule has 7 heteroatoms. The summed E-state index contributed by atoms with van der Waals surface area (Å²) in [6.45, 7) is 0. The molecule has 0 fully saturated rings. The summed E-state index contributed by atoms with van der Waals surface area (Å²) >= 11 is 6.12. The van der Waals surface area contributed by atoms with Crippen molar-refractivity contribution in [3.05, 3.63) is 41.4 Å². The number of aromatic nitrogens is 4. The van der Waals surface area contributed by atoms with Crippen molar-refractivity contribution in [1.29, 1.82) is 0 Å². The first-order valence-corrected chi connectivity index (χ1v) is 6.23. The molecule has 5 nitrogen and oxygen atoms in total. The van der Waals surface area contributed by atoms with Crippen molar-refractivity contribution in [2.24, 2.45) is 7.05 Å². The van der Waals surface area contributed by atoms with E-state index in [0.717, 1.165) is 0 Å². The molecule has 20 heavy (non-hydrogen) atoms. The van der Waals surface area contributed by atoms with Crippen LogP contribution in [0.5, 0.6) is 0 Å². The Morgan fingerprint density at radius 3 is 2.80 bits per heavy atom. The van der Waals surface area contributed by atoms with Gasteiger partial charge in [0, 0.05) is 24.4 Å². The molecule has 0 saturated heterocycles. The fraction of sp³-hybridized carbons (Fsp3) is 0.0769. The van der Waals surface area contributed by atoms with Crippen LogP contribution in [0, 0.1) is 5.82 Å². The van der Waals surface area contributed by atoms with E-state index in [1.54, 1.807) is 31.6 Å². The Morgan fingerprint density at radius 1 is 1.35 bits per heavy atom. The molecule has 0 unspecified atom stereocenters. The minimum atomic E-state index is -0.443. The lowest BCUT2D eigenvalue weighted by Gasteiger charge is -2.07. The Balaban J connectivity index is 2.34. The van der Waals surface area contributed by atoms with Gasteiger partial charge in [0.15, 0.2) is 0 Å². The average molecular weight is 292 g/mol. The normalized spacial score (nSPS) is 10.9. The molecule has 0 radical (unpaired) electrons. The van der Waals surface area contributed by atoms with Crippen molar-refractivity contribution in [2.45, 2.75) is 0 Å². The molecular formula is C13H11ClFN5. The van der Waals surface area contributed by atoms with Crippen LogP contribution >= 0.6 is 11.6 Å². The highest BCUT2D eigenvalue weighted by atomic mass is 35.5. The molecule has 2 aromatic heterocycles. The summed E-state index contributed by atoms with van der Waals surface area (Å²) in [5.41, 5.74) is 7.99. The standard InChI is InChI=1S/C13H11ClFN5/c1-20-13(16)11(10-8(14)3-2-4-9(10)15)12(19-20)7-5-17-18-6-7/h2-6H,16H2,1H3,(H,17,18). The number of halogens is 2. The number of aryl methyl sites for hydroxylation is 1. The van der Waals surface area contributed by atoms with E-state index in [4.69, 9.17) is 17.3 Å². The van der Waals surface area contributed by atoms with Gasteiger partial charge in [-0.15, -0.1) is 0 Å². The van der Waals surface area contributed by atoms with Gasteiger partial charge in [-0.3, -0.25) is 9.78 Å². The van der Waals surface area contributed by atoms with Crippen molar-refractivity contribution in [1.82, 2.24) is 20.0 Å². The highest BCUT2D eigenvalue weighted by Crippen LogP contribution is 2.40. The summed E-state index contributed by atoms with van der Waals surface area (Å²) < 4.78 is 15.6. The number of nitrogens with one attached hydrogen (secondary N) is 1. The third-order valence-corrected chi connectivity index (χ3v) is 3.39. The number of nitrogens with two attached hydrogens (primary N) is 1. The van der Waals surface area contributed by atoms with E-state index in [9.17, 15) is 4.39 Å². The lowest BCUT2D eigenvalue weighted by molar-refractivity contribution is 0.631. The van der Waals surface area contributed by atoms with Crippen LogP contribution < -0.4 is 5.73 Å². The van der Waals surface area contributed by atoms with E-state index in [1.165, 1.54) is 10.7 Å². The molecule has 0 spiro atoms. The molecule has 3 aromatic rings. The third-order valence-electron chi connectivity index (χ3n) is 3.08. The van der Waals surface area contributed by atoms with Crippen LogP contribution in [-0.2, 0) is 7.05 Å². The van der Waals surface area contributed by atoms with Crippen LogP contribution in [0.4, 0.5) is 10.2 Å². The van der Waals surface area contributed by atoms with E-state index in [0.29, 0.717) is 22.6 Å². The Hall–Kier alpha value is -2.34. The molecule has 0 bridgehead atoms. The second kappa shape index (κ2) is 4.64. The van der Waals surface area contributed by atoms with Crippen LogP contribution in [0.25, 0.3) is 22.4 Å². The third kappa shape index (κ3) is 1.85. The van der Waals surface area contributed by atoms with Crippen LogP contribution in [0.15, 0.2) is 30.6 Å². The molecule has 0 aliphatic carbocycles. The van der Waals surface area contributed by atoms with E-state index in [-0.39, 0.29) is 10.6 Å². The van der Waals surface area contributed by atoms with Crippen molar-refractivity contribution in [3.8, 4) is 22.4 Å². The number of aromatic amines is 1. The van der Waals surface area contributed by atoms with Crippen LogP contribution in [0.2, 0.25) is 5.02 Å². The van der Waals surface area contributed by atoms with Gasteiger partial charge in [0.25, 0.3) is 0 Å². The average Bonchev–Trinajstić information content (AvgIpc) is 3.01. The highest BCUT2D eigenvalue weighted by Gasteiger charge is 2.22. The quantitative estimate of drug-likeness (QED) is 0.762. The van der Waals surface area contributed by atoms with Crippen LogP contribution in [0.3, 0.4) is 0 Å². The minimum Gasteiger partial charge on any atom is -0.383 e. The Bertz CT molecular complexity index is 743. The number of hydrogen-bond donors (Lipinski definition) is 2. The number of anilines is 1. The molecule has 102 valence electrons. The maximum absolute atomic E-state index is 14.1. The van der Waals surface area contributed by atoms with Gasteiger partial charge in [-0.2, -0.15) is 10.2 Å². The molecule has 3 N–H and O–H groups in total. The molecule has 0 amide bonds. The predicted molar refractivity (Wildman–Crippen MR) is 75.6 cm³/mol. The first kappa shape index (κ1) is 12.7. The number of nitrogens with zero attached hydrogens (tertiary/aromatic N) is 3. The molecular weight excluding hydrogens is 281 g/mol. The summed E-state index contributed by atoms with van der Waals surface area (Å²) in [4.78, 5) is 0. The Labute approximate surface area is 119 Å². The molecule has 0 atom stereocenters. The van der Waals surface area contributed by atoms with Gasteiger partial charge in [0.05, 0.1) is 16.8 Å². The molecule has 1 aromatic carbocycles. The summed E-state index contributed by atoms with van der Waals surface area (Å²) in [5, 5.41) is 11.2. The number of nitrogen functional groups attached to an aromatic ring is 1. The van der Waals surface area contributed by atoms with Gasteiger partial charge in [-0.25, -0.2) is 4.39 Å². The van der Waals surface area contributed by atoms with Gasteiger partial charge in [0.1, 0.15) is 17.3 Å². The second-order valence-electron chi connectivity index (χ2n) is 4.32. The van der Waals surface area contributed by atoms with Crippen LogP contribution in [0.1, 0.15) is 0 Å². The van der Waals surface area contributed by atoms with E-state index >= 15 is 0 Å². The van der Waals surface area contributed by atoms with Gasteiger partial charge >= 0.3 is 0 Å². The largest absolute Gasteiger partial charge is 0.383 e. The first-order chi connectivity index (χ1) is 9.59. The smallest absolute Gasteiger partial charge is 0.132 e. The number of hydrogen-bond acceptors (Lipinski definition) is 3. The van der Waals surface area contributed by atoms with Gasteiger partial charge in [-0.1, -0.05) is 17.7 Å². The SMILES string of the molecule is Cn1nc(-c2cn[nH]c2)c(-c2c(F)cccc2Cl)c1N. The molecule has 2 heterocycles. The van der Waals surface area contributed by atoms with E-state index in [1.807, 2.05) is 0 Å². The number of rotatable bonds is 2. The molecule has 0 aliphatic heterocycles. The minimum absolute atomic E-state index is 0.246. The van der Waals surface area contributed by atoms with Gasteiger partial charge in [0.2, 0.25) is 0 Å². The lowest BCUT2D eigenvalue weighted by atomic mass is 10.0. The van der Waals surface area contributed by atoms with Crippen molar-refractivity contribution in [3.63, 3.8) is 0 Å². The Kier molecular flexibility index (Phi) is 2.94. The maximum atomic E-state index is 14.1. The Morgan fingerprint density at radius 2 is 2.15 bits per heavy atom. The zero-order valence-electron chi connectivity index (χ0n) is 10.6. The summed E-state index contributed by atoms with van der Waals surface area (Å²) in [7, 11) is 1.69. The van der Waals surface area contributed by atoms with Gasteiger partial charge in [-0.05, 0) is 12.1 Å². The monoisotopic (exact) mass is 291 g/mol. The summed E-state index contributed by atoms with van der Waals surface area (Å²) in [6.07, 6.45) is 3.26. The van der Waals surface area contributed by atoms with Gasteiger partial charge < -0.3 is 5.73 Å². The topological polar surface area (TPSA) is 72.5 Å². The number of H-pyrrole nitrogens is 1. The summed E-state index contributed by atoms with van der Waals surface area (Å²) in [6, 6.07) is 4.50. The second-order valence-corrected chi connectivity index (χ2v) is 4.72. The van der Waals surface area contributed by atoms with Crippen molar-refractivity contribution in [2.75, 3.05) is 5.73 Å². The predicted octanol–water partition coefficient (Wildman–Crippen LogP) is 2.85. The van der Waals surface area contributed by atoms with Crippen molar-refractivity contribution >= 4 is 17.4 Å².